The monoisotopic (exact) mass is 210 g/mol. The largest absolute Gasteiger partial charge is 0.468 e. The standard InChI is InChI=1S/C12H18O3/c1-12(11(14)15-2)9-7-5-3-4-6-8-10(12)13/h3,5H,4,6-9H2,1-2H3/b5-3-. The molecule has 0 bridgehead atoms. The Bertz CT molecular complexity index is 281. The number of hydrogen-bond acceptors (Lipinski definition) is 3. The van der Waals surface area contributed by atoms with Gasteiger partial charge in [-0.1, -0.05) is 12.2 Å². The summed E-state index contributed by atoms with van der Waals surface area (Å²) in [5.41, 5.74) is -0.941. The summed E-state index contributed by atoms with van der Waals surface area (Å²) in [6.07, 6.45) is 7.64. The van der Waals surface area contributed by atoms with Gasteiger partial charge in [-0.3, -0.25) is 9.59 Å². The van der Waals surface area contributed by atoms with Crippen LogP contribution in [0.3, 0.4) is 0 Å². The van der Waals surface area contributed by atoms with Gasteiger partial charge in [0.25, 0.3) is 0 Å². The van der Waals surface area contributed by atoms with Gasteiger partial charge in [0.15, 0.2) is 0 Å². The van der Waals surface area contributed by atoms with Gasteiger partial charge in [-0.25, -0.2) is 0 Å². The molecule has 0 fully saturated rings. The third-order valence-electron chi connectivity index (χ3n) is 3.00. The lowest BCUT2D eigenvalue weighted by molar-refractivity contribution is -0.157. The molecular weight excluding hydrogens is 192 g/mol. The van der Waals surface area contributed by atoms with Crippen LogP contribution >= 0.6 is 0 Å². The predicted octanol–water partition coefficient (Wildman–Crippen LogP) is 2.26. The molecule has 0 aromatic carbocycles. The smallest absolute Gasteiger partial charge is 0.319 e. The van der Waals surface area contributed by atoms with Crippen molar-refractivity contribution in [1.82, 2.24) is 0 Å². The highest BCUT2D eigenvalue weighted by atomic mass is 16.5. The van der Waals surface area contributed by atoms with E-state index in [-0.39, 0.29) is 5.78 Å². The molecule has 84 valence electrons. The molecule has 0 saturated carbocycles. The van der Waals surface area contributed by atoms with Crippen molar-refractivity contribution in [2.75, 3.05) is 7.11 Å². The Hall–Kier alpha value is -1.12. The fourth-order valence-corrected chi connectivity index (χ4v) is 1.84. The third-order valence-corrected chi connectivity index (χ3v) is 3.00. The van der Waals surface area contributed by atoms with Crippen molar-refractivity contribution in [1.29, 1.82) is 0 Å². The molecule has 0 amide bonds. The first-order chi connectivity index (χ1) is 7.11. The van der Waals surface area contributed by atoms with Crippen molar-refractivity contribution in [3.8, 4) is 0 Å². The summed E-state index contributed by atoms with van der Waals surface area (Å²) >= 11 is 0. The van der Waals surface area contributed by atoms with Gasteiger partial charge in [-0.15, -0.1) is 0 Å². The summed E-state index contributed by atoms with van der Waals surface area (Å²) < 4.78 is 4.72. The van der Waals surface area contributed by atoms with E-state index in [2.05, 4.69) is 6.08 Å². The topological polar surface area (TPSA) is 43.4 Å². The van der Waals surface area contributed by atoms with E-state index in [0.717, 1.165) is 19.3 Å². The van der Waals surface area contributed by atoms with Crippen molar-refractivity contribution >= 4 is 11.8 Å². The summed E-state index contributed by atoms with van der Waals surface area (Å²) in [6, 6.07) is 0. The highest BCUT2D eigenvalue weighted by Crippen LogP contribution is 2.29. The van der Waals surface area contributed by atoms with Crippen molar-refractivity contribution in [2.24, 2.45) is 5.41 Å². The van der Waals surface area contributed by atoms with E-state index in [4.69, 9.17) is 4.74 Å². The molecule has 0 aromatic heterocycles. The van der Waals surface area contributed by atoms with Gasteiger partial charge in [0, 0.05) is 6.42 Å². The zero-order valence-electron chi connectivity index (χ0n) is 9.41. The lowest BCUT2D eigenvalue weighted by Crippen LogP contribution is -2.37. The predicted molar refractivity (Wildman–Crippen MR) is 57.4 cm³/mol. The maximum absolute atomic E-state index is 11.9. The molecule has 0 spiro atoms. The minimum atomic E-state index is -0.941. The SMILES string of the molecule is COC(=O)C1(C)CC/C=C\CCCC1=O. The number of Topliss-reactive ketones (excluding diaryl/α,β-unsaturated/α-hetero) is 1. The Labute approximate surface area is 90.5 Å². The van der Waals surface area contributed by atoms with Crippen LogP contribution in [0.5, 0.6) is 0 Å². The summed E-state index contributed by atoms with van der Waals surface area (Å²) in [6.45, 7) is 1.69. The second-order valence-electron chi connectivity index (χ2n) is 4.15. The number of rotatable bonds is 1. The van der Waals surface area contributed by atoms with Crippen LogP contribution in [0.25, 0.3) is 0 Å². The fourth-order valence-electron chi connectivity index (χ4n) is 1.84. The molecule has 0 N–H and O–H groups in total. The molecule has 3 heteroatoms. The number of carbonyl (C=O) groups excluding carboxylic acids is 2. The molecule has 0 aliphatic heterocycles. The Morgan fingerprint density at radius 2 is 2.07 bits per heavy atom. The van der Waals surface area contributed by atoms with Crippen LogP contribution in [0.2, 0.25) is 0 Å². The summed E-state index contributed by atoms with van der Waals surface area (Å²) in [5, 5.41) is 0. The average molecular weight is 210 g/mol. The molecule has 0 radical (unpaired) electrons. The van der Waals surface area contributed by atoms with Crippen LogP contribution in [0.1, 0.15) is 39.0 Å². The summed E-state index contributed by atoms with van der Waals surface area (Å²) in [5.74, 6) is -0.388. The molecule has 1 aliphatic rings. The first-order valence-electron chi connectivity index (χ1n) is 5.38. The molecule has 1 rings (SSSR count). The van der Waals surface area contributed by atoms with Gasteiger partial charge in [-0.05, 0) is 32.6 Å². The Morgan fingerprint density at radius 1 is 1.40 bits per heavy atom. The molecule has 0 aromatic rings. The van der Waals surface area contributed by atoms with Gasteiger partial charge >= 0.3 is 5.97 Å². The minimum absolute atomic E-state index is 0.0121. The van der Waals surface area contributed by atoms with Crippen LogP contribution in [-0.4, -0.2) is 18.9 Å². The Kier molecular flexibility index (Phi) is 4.06. The van der Waals surface area contributed by atoms with E-state index in [1.807, 2.05) is 6.08 Å². The maximum atomic E-state index is 11.9. The molecular formula is C12H18O3. The second-order valence-corrected chi connectivity index (χ2v) is 4.15. The molecule has 0 heterocycles. The molecule has 1 unspecified atom stereocenters. The number of ketones is 1. The maximum Gasteiger partial charge on any atom is 0.319 e. The van der Waals surface area contributed by atoms with E-state index < -0.39 is 11.4 Å². The van der Waals surface area contributed by atoms with Gasteiger partial charge < -0.3 is 4.74 Å². The van der Waals surface area contributed by atoms with Crippen LogP contribution in [0.15, 0.2) is 12.2 Å². The highest BCUT2D eigenvalue weighted by Gasteiger charge is 2.40. The summed E-state index contributed by atoms with van der Waals surface area (Å²) in [7, 11) is 1.34. The molecule has 3 nitrogen and oxygen atoms in total. The number of carbonyl (C=O) groups is 2. The number of ether oxygens (including phenoxy) is 1. The van der Waals surface area contributed by atoms with E-state index in [0.29, 0.717) is 12.8 Å². The van der Waals surface area contributed by atoms with Gasteiger partial charge in [0.05, 0.1) is 7.11 Å². The van der Waals surface area contributed by atoms with Crippen LogP contribution in [0.4, 0.5) is 0 Å². The Balaban J connectivity index is 2.85. The average Bonchev–Trinajstić information content (AvgIpc) is 2.32. The molecule has 0 saturated heterocycles. The van der Waals surface area contributed by atoms with E-state index >= 15 is 0 Å². The second kappa shape index (κ2) is 5.10. The van der Waals surface area contributed by atoms with Gasteiger partial charge in [-0.2, -0.15) is 0 Å². The molecule has 1 aliphatic carbocycles. The number of esters is 1. The van der Waals surface area contributed by atoms with Crippen LogP contribution < -0.4 is 0 Å². The first-order valence-corrected chi connectivity index (χ1v) is 5.38. The quantitative estimate of drug-likeness (QED) is 0.379. The van der Waals surface area contributed by atoms with Crippen LogP contribution in [-0.2, 0) is 14.3 Å². The number of hydrogen-bond donors (Lipinski definition) is 0. The van der Waals surface area contributed by atoms with Crippen molar-refractivity contribution in [3.05, 3.63) is 12.2 Å². The van der Waals surface area contributed by atoms with Crippen molar-refractivity contribution in [3.63, 3.8) is 0 Å². The molecule has 1 atom stereocenters. The zero-order valence-corrected chi connectivity index (χ0v) is 9.41. The Morgan fingerprint density at radius 3 is 2.73 bits per heavy atom. The van der Waals surface area contributed by atoms with Crippen molar-refractivity contribution in [2.45, 2.75) is 39.0 Å². The normalized spacial score (nSPS) is 29.9. The van der Waals surface area contributed by atoms with Gasteiger partial charge in [0.2, 0.25) is 0 Å². The zero-order chi connectivity index (χ0) is 11.3. The lowest BCUT2D eigenvalue weighted by atomic mass is 9.79. The first kappa shape index (κ1) is 12.0. The lowest BCUT2D eigenvalue weighted by Gasteiger charge is -2.24. The molecule has 15 heavy (non-hydrogen) atoms. The summed E-state index contributed by atoms with van der Waals surface area (Å²) in [4.78, 5) is 23.5. The van der Waals surface area contributed by atoms with E-state index in [1.54, 1.807) is 6.92 Å². The van der Waals surface area contributed by atoms with E-state index in [9.17, 15) is 9.59 Å². The highest BCUT2D eigenvalue weighted by molar-refractivity contribution is 6.03. The fraction of sp³-hybridized carbons (Fsp3) is 0.667. The van der Waals surface area contributed by atoms with Gasteiger partial charge in [0.1, 0.15) is 11.2 Å². The minimum Gasteiger partial charge on any atom is -0.468 e. The van der Waals surface area contributed by atoms with Crippen molar-refractivity contribution < 1.29 is 14.3 Å². The number of allylic oxidation sites excluding steroid dienone is 2. The number of methoxy groups -OCH3 is 1. The third kappa shape index (κ3) is 2.67. The van der Waals surface area contributed by atoms with E-state index in [1.165, 1.54) is 7.11 Å². The van der Waals surface area contributed by atoms with Crippen LogP contribution in [0, 0.1) is 5.41 Å².